The molecule has 1 fully saturated rings. The summed E-state index contributed by atoms with van der Waals surface area (Å²) in [6.45, 7) is 7.41. The molecule has 0 spiro atoms. The average Bonchev–Trinajstić information content (AvgIpc) is 3.78. The topological polar surface area (TPSA) is 75.6 Å². The second-order valence-corrected chi connectivity index (χ2v) is 18.5. The SMILES string of the molecule is [2H]C([2H])(c1cc(C([2H])([2H])C([2H])([2H])c2cnc(-c3ccccc3)cc2C(C)C)cc(C([2H])([2H])C([2H])([2H])c2cnc(-c3cccc4c3oc3cc(C#N)ccc34)cc2C2CCCCC2)c1)C([2H])([2H])c1cnc(-c2ccccc2)cc1C(C)C. The van der Waals surface area contributed by atoms with Crippen LogP contribution in [-0.4, -0.2) is 15.0 Å². The number of nitrogens with zero attached hydrogens (tertiary/aromatic N) is 4. The van der Waals surface area contributed by atoms with Crippen LogP contribution in [0.5, 0.6) is 0 Å². The second kappa shape index (κ2) is 20.6. The Kier molecular flexibility index (Phi) is 9.96. The molecule has 5 heteroatoms. The molecule has 9 aromatic rings. The number of fused-ring (bicyclic) bond motifs is 3. The van der Waals surface area contributed by atoms with Crippen LogP contribution in [0.3, 0.4) is 0 Å². The van der Waals surface area contributed by atoms with Crippen molar-refractivity contribution in [1.29, 1.82) is 5.26 Å². The minimum Gasteiger partial charge on any atom is -0.455 e. The van der Waals surface area contributed by atoms with Crippen LogP contribution in [0.2, 0.25) is 0 Å². The van der Waals surface area contributed by atoms with E-state index in [1.165, 1.54) is 18.6 Å². The molecule has 5 nitrogen and oxygen atoms in total. The van der Waals surface area contributed by atoms with Crippen molar-refractivity contribution in [3.05, 3.63) is 208 Å². The quantitative estimate of drug-likeness (QED) is 0.102. The molecule has 69 heavy (non-hydrogen) atoms. The summed E-state index contributed by atoms with van der Waals surface area (Å²) in [6.07, 6.45) is -10.3. The number of hydrogen-bond acceptors (Lipinski definition) is 5. The molecule has 1 aliphatic carbocycles. The Morgan fingerprint density at radius 3 is 1.64 bits per heavy atom. The van der Waals surface area contributed by atoms with Gasteiger partial charge in [-0.3, -0.25) is 15.0 Å². The highest BCUT2D eigenvalue weighted by Crippen LogP contribution is 2.40. The summed E-state index contributed by atoms with van der Waals surface area (Å²) < 4.78 is 125. The normalized spacial score (nSPS) is 17.0. The molecule has 5 aromatic carbocycles. The molecular formula is C64H62N4O. The molecule has 4 aromatic heterocycles. The van der Waals surface area contributed by atoms with Crippen LogP contribution >= 0.6 is 0 Å². The fraction of sp³-hybridized carbons (Fsp3) is 0.281. The molecule has 0 aliphatic heterocycles. The lowest BCUT2D eigenvalue weighted by molar-refractivity contribution is 0.441. The lowest BCUT2D eigenvalue weighted by Crippen LogP contribution is -2.09. The van der Waals surface area contributed by atoms with E-state index in [2.05, 4.69) is 16.0 Å². The minimum atomic E-state index is -3.14. The molecule has 0 atom stereocenters. The third-order valence-electron chi connectivity index (χ3n) is 13.1. The minimum absolute atomic E-state index is 0.0699. The van der Waals surface area contributed by atoms with Gasteiger partial charge in [0.1, 0.15) is 11.2 Å². The van der Waals surface area contributed by atoms with Crippen molar-refractivity contribution in [2.75, 3.05) is 0 Å². The number of para-hydroxylation sites is 1. The predicted octanol–water partition coefficient (Wildman–Crippen LogP) is 16.3. The largest absolute Gasteiger partial charge is 0.455 e. The van der Waals surface area contributed by atoms with Crippen LogP contribution in [0.1, 0.15) is 150 Å². The number of pyridine rings is 3. The number of aryl methyl sites for hydroxylation is 6. The summed E-state index contributed by atoms with van der Waals surface area (Å²) in [7, 11) is 0. The van der Waals surface area contributed by atoms with Crippen molar-refractivity contribution in [3.63, 3.8) is 0 Å². The summed E-state index contributed by atoms with van der Waals surface area (Å²) in [5.41, 5.74) is 4.69. The lowest BCUT2D eigenvalue weighted by Gasteiger charge is -2.25. The summed E-state index contributed by atoms with van der Waals surface area (Å²) in [5, 5.41) is 11.2. The van der Waals surface area contributed by atoms with E-state index in [4.69, 9.17) is 9.40 Å². The molecule has 0 unspecified atom stereocenters. The number of rotatable bonds is 15. The van der Waals surface area contributed by atoms with Gasteiger partial charge in [0.25, 0.3) is 0 Å². The third-order valence-corrected chi connectivity index (χ3v) is 13.1. The van der Waals surface area contributed by atoms with Gasteiger partial charge in [-0.25, -0.2) is 0 Å². The van der Waals surface area contributed by atoms with Gasteiger partial charge in [0.2, 0.25) is 0 Å². The van der Waals surface area contributed by atoms with E-state index in [0.717, 1.165) is 59.4 Å². The highest BCUT2D eigenvalue weighted by molar-refractivity contribution is 6.09. The highest BCUT2D eigenvalue weighted by atomic mass is 16.3. The molecule has 0 saturated heterocycles. The number of furan rings is 1. The van der Waals surface area contributed by atoms with Gasteiger partial charge in [-0.05, 0) is 161 Å². The Labute approximate surface area is 425 Å². The first-order chi connectivity index (χ1) is 38.3. The number of hydrogen-bond donors (Lipinski definition) is 0. The van der Waals surface area contributed by atoms with Crippen LogP contribution < -0.4 is 0 Å². The molecule has 0 N–H and O–H groups in total. The Bertz CT molecular complexity index is 3730. The molecular weight excluding hydrogens is 841 g/mol. The van der Waals surface area contributed by atoms with Crippen molar-refractivity contribution < 1.29 is 20.9 Å². The highest BCUT2D eigenvalue weighted by Gasteiger charge is 2.22. The molecule has 0 radical (unpaired) electrons. The van der Waals surface area contributed by atoms with Gasteiger partial charge in [-0.15, -0.1) is 0 Å². The van der Waals surface area contributed by atoms with Crippen LogP contribution in [0.25, 0.3) is 55.7 Å². The first-order valence-corrected chi connectivity index (χ1v) is 24.0. The molecule has 10 rings (SSSR count). The Morgan fingerprint density at radius 1 is 0.551 bits per heavy atom. The van der Waals surface area contributed by atoms with E-state index in [1.807, 2.05) is 113 Å². The van der Waals surface area contributed by atoms with Crippen molar-refractivity contribution in [2.24, 2.45) is 0 Å². The summed E-state index contributed by atoms with van der Waals surface area (Å²) in [5.74, 6) is -0.880. The van der Waals surface area contributed by atoms with E-state index >= 15 is 0 Å². The number of benzene rings is 5. The fourth-order valence-corrected chi connectivity index (χ4v) is 9.45. The zero-order chi connectivity index (χ0) is 58.0. The van der Waals surface area contributed by atoms with Gasteiger partial charge < -0.3 is 4.42 Å². The zero-order valence-corrected chi connectivity index (χ0v) is 39.4. The Balaban J connectivity index is 1.15. The van der Waals surface area contributed by atoms with Gasteiger partial charge in [0.05, 0.1) is 28.7 Å². The predicted molar refractivity (Wildman–Crippen MR) is 284 cm³/mol. The fourth-order valence-electron chi connectivity index (χ4n) is 9.45. The van der Waals surface area contributed by atoms with E-state index in [1.54, 1.807) is 30.3 Å². The molecule has 1 aliphatic rings. The number of aromatic nitrogens is 3. The van der Waals surface area contributed by atoms with Crippen molar-refractivity contribution in [3.8, 4) is 39.8 Å². The lowest BCUT2D eigenvalue weighted by atomic mass is 9.81. The summed E-state index contributed by atoms with van der Waals surface area (Å²) >= 11 is 0. The Morgan fingerprint density at radius 2 is 1.09 bits per heavy atom. The summed E-state index contributed by atoms with van der Waals surface area (Å²) in [6, 6.07) is 40.0. The van der Waals surface area contributed by atoms with Gasteiger partial charge >= 0.3 is 0 Å². The van der Waals surface area contributed by atoms with Crippen molar-refractivity contribution in [1.82, 2.24) is 15.0 Å². The van der Waals surface area contributed by atoms with Crippen molar-refractivity contribution in [2.45, 2.75) is 116 Å². The van der Waals surface area contributed by atoms with Crippen LogP contribution in [0.15, 0.2) is 156 Å². The maximum atomic E-state index is 10.0. The van der Waals surface area contributed by atoms with Gasteiger partial charge in [-0.1, -0.05) is 138 Å². The molecule has 0 bridgehead atoms. The van der Waals surface area contributed by atoms with E-state index in [-0.39, 0.29) is 34.4 Å². The third kappa shape index (κ3) is 10.2. The van der Waals surface area contributed by atoms with Crippen LogP contribution in [0.4, 0.5) is 0 Å². The maximum Gasteiger partial charge on any atom is 0.144 e. The van der Waals surface area contributed by atoms with E-state index < -0.39 is 54.9 Å². The molecule has 344 valence electrons. The second-order valence-electron chi connectivity index (χ2n) is 18.5. The van der Waals surface area contributed by atoms with Crippen LogP contribution in [0, 0.1) is 11.3 Å². The Hall–Kier alpha value is -7.16. The maximum absolute atomic E-state index is 10.0. The monoisotopic (exact) mass is 915 g/mol. The van der Waals surface area contributed by atoms with Gasteiger partial charge in [0.15, 0.2) is 0 Å². The first-order valence-electron chi connectivity index (χ1n) is 30.0. The molecule has 4 heterocycles. The van der Waals surface area contributed by atoms with Crippen LogP contribution in [-0.2, 0) is 38.2 Å². The standard InChI is InChI=1S/C64H62N4O/c1-42(2)57-35-60(49-17-10-6-11-18-49)66-39-51(57)27-23-44-31-45(24-28-52-40-67-61(36-58(52)43(3)4)50-19-12-7-13-20-50)33-46(32-44)25-29-53-41-68-62(37-59(53)48-15-8-5-9-16-48)56-22-14-21-55-54-30-26-47(38-65)34-63(54)69-64(55)56/h6-7,10-14,17-22,26,30-37,39-43,48H,5,8-9,15-16,23-25,27-29H2,1-4H3/i23D2,24D2,25D2,27D2,28D2,29D2. The first kappa shape index (κ1) is 33.4. The number of nitriles is 1. The average molecular weight is 915 g/mol. The molecule has 0 amide bonds. The zero-order valence-electron chi connectivity index (χ0n) is 51.4. The van der Waals surface area contributed by atoms with E-state index in [9.17, 15) is 21.7 Å². The molecule has 1 saturated carbocycles. The summed E-state index contributed by atoms with van der Waals surface area (Å²) in [4.78, 5) is 14.0. The van der Waals surface area contributed by atoms with Gasteiger partial charge in [0, 0.05) is 62.5 Å². The van der Waals surface area contributed by atoms with E-state index in [0.29, 0.717) is 68.9 Å². The smallest absolute Gasteiger partial charge is 0.144 e. The van der Waals surface area contributed by atoms with Crippen molar-refractivity contribution >= 4 is 21.9 Å². The van der Waals surface area contributed by atoms with Gasteiger partial charge in [-0.2, -0.15) is 5.26 Å².